The van der Waals surface area contributed by atoms with Gasteiger partial charge in [-0.25, -0.2) is 13.2 Å². The first-order chi connectivity index (χ1) is 6.01. The summed E-state index contributed by atoms with van der Waals surface area (Å²) in [5.74, 6) is -2.72. The first-order valence-electron chi connectivity index (χ1n) is 3.40. The molecule has 0 aromatic heterocycles. The van der Waals surface area contributed by atoms with Gasteiger partial charge in [0, 0.05) is 0 Å². The van der Waals surface area contributed by atoms with Gasteiger partial charge < -0.3 is 11.1 Å². The van der Waals surface area contributed by atoms with Crippen LogP contribution in [-0.4, -0.2) is 17.9 Å². The van der Waals surface area contributed by atoms with E-state index in [1.165, 1.54) is 6.08 Å². The highest BCUT2D eigenvalue weighted by atomic mass is 19.3. The van der Waals surface area contributed by atoms with Crippen LogP contribution in [-0.2, 0) is 4.79 Å². The first kappa shape index (κ1) is 9.63. The maximum Gasteiger partial charge on any atom is 0.276 e. The molecule has 0 saturated heterocycles. The Labute approximate surface area is 72.1 Å². The van der Waals surface area contributed by atoms with Crippen molar-refractivity contribution in [3.8, 4) is 0 Å². The summed E-state index contributed by atoms with van der Waals surface area (Å²) in [6.45, 7) is 0. The Balaban J connectivity index is 3.13. The lowest BCUT2D eigenvalue weighted by Gasteiger charge is -2.29. The summed E-state index contributed by atoms with van der Waals surface area (Å²) in [5.41, 5.74) is 2.00. The molecule has 1 unspecified atom stereocenters. The molecular weight excluding hydrogens is 185 g/mol. The summed E-state index contributed by atoms with van der Waals surface area (Å²) in [6.07, 6.45) is -0.252. The van der Waals surface area contributed by atoms with Crippen LogP contribution in [0.25, 0.3) is 0 Å². The standard InChI is InChI=1S/C7H7F3N2O/c8-4-2-1-3-12-7(4,5(9)10)6(11)13/h1-3,5,12H,(H2,11,13). The monoisotopic (exact) mass is 192 g/mol. The molecule has 0 saturated carbocycles. The molecule has 0 aromatic carbocycles. The lowest BCUT2D eigenvalue weighted by Crippen LogP contribution is -2.60. The predicted molar refractivity (Wildman–Crippen MR) is 39.4 cm³/mol. The number of alkyl halides is 2. The topological polar surface area (TPSA) is 55.1 Å². The molecule has 1 rings (SSSR count). The van der Waals surface area contributed by atoms with Gasteiger partial charge >= 0.3 is 0 Å². The van der Waals surface area contributed by atoms with Crippen molar-refractivity contribution >= 4 is 5.91 Å². The number of primary amides is 1. The molecule has 1 aliphatic heterocycles. The number of hydrogen-bond acceptors (Lipinski definition) is 2. The van der Waals surface area contributed by atoms with Crippen molar-refractivity contribution in [2.24, 2.45) is 5.73 Å². The third kappa shape index (κ3) is 1.28. The van der Waals surface area contributed by atoms with Crippen LogP contribution in [0.3, 0.4) is 0 Å². The van der Waals surface area contributed by atoms with Gasteiger partial charge in [-0.3, -0.25) is 4.79 Å². The largest absolute Gasteiger partial charge is 0.367 e. The summed E-state index contributed by atoms with van der Waals surface area (Å²) in [7, 11) is 0. The molecule has 13 heavy (non-hydrogen) atoms. The van der Waals surface area contributed by atoms with Crippen LogP contribution in [0.15, 0.2) is 24.2 Å². The SMILES string of the molecule is NC(=O)C1(C(F)F)NC=CC=C1F. The fourth-order valence-corrected chi connectivity index (χ4v) is 0.976. The van der Waals surface area contributed by atoms with Crippen LogP contribution < -0.4 is 11.1 Å². The van der Waals surface area contributed by atoms with Crippen molar-refractivity contribution < 1.29 is 18.0 Å². The highest BCUT2D eigenvalue weighted by Crippen LogP contribution is 2.28. The van der Waals surface area contributed by atoms with Gasteiger partial charge in [-0.2, -0.15) is 0 Å². The lowest BCUT2D eigenvalue weighted by atomic mass is 9.95. The van der Waals surface area contributed by atoms with Crippen LogP contribution >= 0.6 is 0 Å². The minimum atomic E-state index is -3.23. The molecule has 1 heterocycles. The average molecular weight is 192 g/mol. The smallest absolute Gasteiger partial charge is 0.276 e. The lowest BCUT2D eigenvalue weighted by molar-refractivity contribution is -0.129. The Kier molecular flexibility index (Phi) is 2.31. The van der Waals surface area contributed by atoms with Gasteiger partial charge in [-0.05, 0) is 18.4 Å². The second-order valence-corrected chi connectivity index (χ2v) is 2.49. The predicted octanol–water partition coefficient (Wildman–Crippen LogP) is 0.446. The molecule has 0 spiro atoms. The Hall–Kier alpha value is -1.46. The molecule has 0 aromatic rings. The second-order valence-electron chi connectivity index (χ2n) is 2.49. The fourth-order valence-electron chi connectivity index (χ4n) is 0.976. The molecule has 3 N–H and O–H groups in total. The highest BCUT2D eigenvalue weighted by molar-refractivity contribution is 5.89. The van der Waals surface area contributed by atoms with Crippen molar-refractivity contribution in [3.63, 3.8) is 0 Å². The average Bonchev–Trinajstić information content (AvgIpc) is 2.04. The van der Waals surface area contributed by atoms with Crippen LogP contribution in [0.5, 0.6) is 0 Å². The van der Waals surface area contributed by atoms with Gasteiger partial charge in [0.25, 0.3) is 12.3 Å². The number of nitrogens with two attached hydrogens (primary N) is 1. The molecule has 0 aliphatic carbocycles. The number of rotatable bonds is 2. The molecular formula is C7H7F3N2O. The van der Waals surface area contributed by atoms with Gasteiger partial charge in [-0.15, -0.1) is 0 Å². The van der Waals surface area contributed by atoms with Crippen LogP contribution in [0.4, 0.5) is 13.2 Å². The van der Waals surface area contributed by atoms with E-state index in [1.807, 2.05) is 5.32 Å². The van der Waals surface area contributed by atoms with Crippen molar-refractivity contribution in [2.75, 3.05) is 0 Å². The van der Waals surface area contributed by atoms with Gasteiger partial charge in [0.05, 0.1) is 0 Å². The van der Waals surface area contributed by atoms with Gasteiger partial charge in [-0.1, -0.05) is 0 Å². The number of amides is 1. The van der Waals surface area contributed by atoms with E-state index in [-0.39, 0.29) is 0 Å². The Morgan fingerprint density at radius 2 is 2.23 bits per heavy atom. The molecule has 1 aliphatic rings. The minimum absolute atomic E-state index is 0.771. The number of hydrogen-bond donors (Lipinski definition) is 2. The number of nitrogens with one attached hydrogen (secondary N) is 1. The van der Waals surface area contributed by atoms with E-state index in [1.54, 1.807) is 0 Å². The third-order valence-electron chi connectivity index (χ3n) is 1.74. The summed E-state index contributed by atoms with van der Waals surface area (Å²) in [5, 5.41) is 1.93. The van der Waals surface area contributed by atoms with Crippen molar-refractivity contribution in [1.82, 2.24) is 5.32 Å². The summed E-state index contributed by atoms with van der Waals surface area (Å²) in [4.78, 5) is 10.7. The highest BCUT2D eigenvalue weighted by Gasteiger charge is 2.50. The molecule has 0 bridgehead atoms. The van der Waals surface area contributed by atoms with E-state index in [4.69, 9.17) is 5.73 Å². The first-order valence-corrected chi connectivity index (χ1v) is 3.40. The number of carbonyl (C=O) groups excluding carboxylic acids is 1. The number of carbonyl (C=O) groups is 1. The molecule has 1 atom stereocenters. The van der Waals surface area contributed by atoms with E-state index < -0.39 is 23.7 Å². The van der Waals surface area contributed by atoms with E-state index in [0.29, 0.717) is 0 Å². The minimum Gasteiger partial charge on any atom is -0.367 e. The summed E-state index contributed by atoms with van der Waals surface area (Å²) >= 11 is 0. The Morgan fingerprint density at radius 1 is 1.62 bits per heavy atom. The molecule has 1 amide bonds. The van der Waals surface area contributed by atoms with Crippen molar-refractivity contribution in [1.29, 1.82) is 0 Å². The van der Waals surface area contributed by atoms with Crippen molar-refractivity contribution in [3.05, 3.63) is 24.2 Å². The molecule has 0 fully saturated rings. The summed E-state index contributed by atoms with van der Waals surface area (Å²) in [6, 6.07) is 0. The van der Waals surface area contributed by atoms with Gasteiger partial charge in [0.15, 0.2) is 0 Å². The molecule has 72 valence electrons. The second kappa shape index (κ2) is 3.12. The molecule has 0 radical (unpaired) electrons. The zero-order valence-electron chi connectivity index (χ0n) is 6.43. The number of halogens is 3. The summed E-state index contributed by atoms with van der Waals surface area (Å²) < 4.78 is 37.8. The van der Waals surface area contributed by atoms with E-state index in [9.17, 15) is 18.0 Å². The van der Waals surface area contributed by atoms with E-state index in [0.717, 1.165) is 12.3 Å². The van der Waals surface area contributed by atoms with Crippen LogP contribution in [0.1, 0.15) is 0 Å². The number of dihydropyridines is 1. The Morgan fingerprint density at radius 3 is 2.54 bits per heavy atom. The Bertz CT molecular complexity index is 287. The van der Waals surface area contributed by atoms with Crippen molar-refractivity contribution in [2.45, 2.75) is 12.0 Å². The van der Waals surface area contributed by atoms with Gasteiger partial charge in [0.2, 0.25) is 5.54 Å². The van der Waals surface area contributed by atoms with Crippen LogP contribution in [0.2, 0.25) is 0 Å². The fraction of sp³-hybridized carbons (Fsp3) is 0.286. The molecule has 3 nitrogen and oxygen atoms in total. The molecule has 6 heteroatoms. The third-order valence-corrected chi connectivity index (χ3v) is 1.74. The normalized spacial score (nSPS) is 26.9. The zero-order chi connectivity index (χ0) is 10.1. The van der Waals surface area contributed by atoms with Crippen LogP contribution in [0, 0.1) is 0 Å². The maximum atomic E-state index is 13.0. The quantitative estimate of drug-likeness (QED) is 0.667. The zero-order valence-corrected chi connectivity index (χ0v) is 6.43. The van der Waals surface area contributed by atoms with E-state index >= 15 is 0 Å². The maximum absolute atomic E-state index is 13.0. The van der Waals surface area contributed by atoms with Gasteiger partial charge in [0.1, 0.15) is 5.83 Å². The number of allylic oxidation sites excluding steroid dienone is 2. The van der Waals surface area contributed by atoms with E-state index in [2.05, 4.69) is 0 Å².